The van der Waals surface area contributed by atoms with Crippen LogP contribution in [0.15, 0.2) is 22.0 Å². The van der Waals surface area contributed by atoms with Gasteiger partial charge in [0.2, 0.25) is 0 Å². The zero-order valence-electron chi connectivity index (χ0n) is 9.45. The molecular formula is C12H22S2. The fourth-order valence-electron chi connectivity index (χ4n) is 1.37. The molecule has 0 N–H and O–H groups in total. The van der Waals surface area contributed by atoms with Crippen LogP contribution in [0.4, 0.5) is 0 Å². The molecule has 14 heavy (non-hydrogen) atoms. The molecule has 0 amide bonds. The molecule has 2 heteroatoms. The Bertz CT molecular complexity index is 204. The van der Waals surface area contributed by atoms with Crippen molar-refractivity contribution < 1.29 is 0 Å². The molecule has 0 heterocycles. The molecule has 1 unspecified atom stereocenters. The highest BCUT2D eigenvalue weighted by atomic mass is 32.1. The second kappa shape index (κ2) is 8.49. The largest absolute Gasteiger partial charge is 0.147 e. The molecule has 1 atom stereocenters. The zero-order valence-corrected chi connectivity index (χ0v) is 11.2. The van der Waals surface area contributed by atoms with Gasteiger partial charge in [-0.3, -0.25) is 0 Å². The minimum atomic E-state index is 0.557. The smallest absolute Gasteiger partial charge is 0.00633 e. The van der Waals surface area contributed by atoms with E-state index in [4.69, 9.17) is 0 Å². The average molecular weight is 230 g/mol. The van der Waals surface area contributed by atoms with Crippen molar-refractivity contribution in [2.24, 2.45) is 5.92 Å². The topological polar surface area (TPSA) is 0 Å². The number of hydrogen-bond acceptors (Lipinski definition) is 2. The van der Waals surface area contributed by atoms with Gasteiger partial charge in [0.1, 0.15) is 0 Å². The van der Waals surface area contributed by atoms with E-state index in [1.807, 2.05) is 6.92 Å². The lowest BCUT2D eigenvalue weighted by atomic mass is 10.0. The van der Waals surface area contributed by atoms with Crippen molar-refractivity contribution in [1.82, 2.24) is 0 Å². The summed E-state index contributed by atoms with van der Waals surface area (Å²) in [6.45, 7) is 6.47. The molecule has 0 aliphatic rings. The Morgan fingerprint density at radius 2 is 2.00 bits per heavy atom. The fraction of sp³-hybridized carbons (Fsp3) is 0.667. The maximum absolute atomic E-state index is 4.54. The molecule has 0 rings (SSSR count). The Labute approximate surface area is 99.7 Å². The molecule has 0 aromatic rings. The van der Waals surface area contributed by atoms with E-state index in [-0.39, 0.29) is 0 Å². The molecule has 0 aromatic heterocycles. The van der Waals surface area contributed by atoms with E-state index in [2.05, 4.69) is 51.3 Å². The van der Waals surface area contributed by atoms with Crippen molar-refractivity contribution in [3.8, 4) is 0 Å². The summed E-state index contributed by atoms with van der Waals surface area (Å²) in [4.78, 5) is 2.31. The summed E-state index contributed by atoms with van der Waals surface area (Å²) in [7, 11) is 0. The molecule has 0 saturated carbocycles. The van der Waals surface area contributed by atoms with Crippen LogP contribution in [-0.4, -0.2) is 0 Å². The number of thiol groups is 2. The minimum absolute atomic E-state index is 0.557. The van der Waals surface area contributed by atoms with Gasteiger partial charge in [0.25, 0.3) is 0 Å². The van der Waals surface area contributed by atoms with Gasteiger partial charge in [-0.2, -0.15) is 0 Å². The van der Waals surface area contributed by atoms with Crippen LogP contribution >= 0.6 is 25.3 Å². The van der Waals surface area contributed by atoms with E-state index in [9.17, 15) is 0 Å². The molecule has 0 aromatic carbocycles. The van der Waals surface area contributed by atoms with Crippen molar-refractivity contribution in [3.63, 3.8) is 0 Å². The predicted octanol–water partition coefficient (Wildman–Crippen LogP) is 4.85. The van der Waals surface area contributed by atoms with Crippen molar-refractivity contribution >= 4 is 25.3 Å². The standard InChI is InChI=1S/C12H22S2/c1-4-6-7-9-11(13)12(14)10(3)8-5-2/h4,6,10,13-14H,5,7-9H2,1-3H3/b6-4-,12-11+. The molecule has 0 nitrogen and oxygen atoms in total. The van der Waals surface area contributed by atoms with Crippen molar-refractivity contribution in [2.75, 3.05) is 0 Å². The summed E-state index contributed by atoms with van der Waals surface area (Å²) in [6.07, 6.45) is 8.74. The third-order valence-corrected chi connectivity index (χ3v) is 3.62. The van der Waals surface area contributed by atoms with Crippen molar-refractivity contribution in [1.29, 1.82) is 0 Å². The zero-order chi connectivity index (χ0) is 11.0. The van der Waals surface area contributed by atoms with E-state index in [1.165, 1.54) is 17.7 Å². The van der Waals surface area contributed by atoms with Crippen molar-refractivity contribution in [3.05, 3.63) is 22.0 Å². The Balaban J connectivity index is 4.12. The molecule has 0 aliphatic carbocycles. The molecule has 0 bridgehead atoms. The first kappa shape index (κ1) is 14.2. The summed E-state index contributed by atoms with van der Waals surface area (Å²) in [5, 5.41) is 0. The lowest BCUT2D eigenvalue weighted by molar-refractivity contribution is 0.623. The van der Waals surface area contributed by atoms with Crippen molar-refractivity contribution in [2.45, 2.75) is 46.5 Å². The third kappa shape index (κ3) is 5.82. The van der Waals surface area contributed by atoms with Crippen LogP contribution in [0.5, 0.6) is 0 Å². The van der Waals surface area contributed by atoms with Gasteiger partial charge in [0.05, 0.1) is 0 Å². The highest BCUT2D eigenvalue weighted by Crippen LogP contribution is 2.27. The van der Waals surface area contributed by atoms with E-state index < -0.39 is 0 Å². The Morgan fingerprint density at radius 3 is 2.50 bits per heavy atom. The van der Waals surface area contributed by atoms with Crippen LogP contribution < -0.4 is 0 Å². The van der Waals surface area contributed by atoms with E-state index in [1.54, 1.807) is 0 Å². The summed E-state index contributed by atoms with van der Waals surface area (Å²) in [6, 6.07) is 0. The molecule has 0 aliphatic heterocycles. The van der Waals surface area contributed by atoms with Gasteiger partial charge in [-0.05, 0) is 41.9 Å². The van der Waals surface area contributed by atoms with E-state index >= 15 is 0 Å². The first-order valence-electron chi connectivity index (χ1n) is 5.35. The third-order valence-electron chi connectivity index (χ3n) is 2.27. The van der Waals surface area contributed by atoms with Gasteiger partial charge in [-0.25, -0.2) is 0 Å². The molecule has 0 radical (unpaired) electrons. The minimum Gasteiger partial charge on any atom is -0.147 e. The van der Waals surface area contributed by atoms with E-state index in [0.717, 1.165) is 17.7 Å². The van der Waals surface area contributed by atoms with Gasteiger partial charge < -0.3 is 0 Å². The molecule has 0 spiro atoms. The normalized spacial score (nSPS) is 15.8. The maximum Gasteiger partial charge on any atom is -0.00633 e. The highest BCUT2D eigenvalue weighted by Gasteiger charge is 2.07. The fourth-order valence-corrected chi connectivity index (χ4v) is 1.96. The molecule has 0 fully saturated rings. The SMILES string of the molecule is C/C=C\CC/C(S)=C(\S)C(C)CCC. The second-order valence-electron chi connectivity index (χ2n) is 3.63. The van der Waals surface area contributed by atoms with Gasteiger partial charge in [-0.1, -0.05) is 32.4 Å². The Kier molecular flexibility index (Phi) is 8.59. The Hall–Kier alpha value is 0.180. The van der Waals surface area contributed by atoms with Crippen LogP contribution in [0.25, 0.3) is 0 Å². The summed E-state index contributed by atoms with van der Waals surface area (Å²) in [5.74, 6) is 0.557. The first-order chi connectivity index (χ1) is 6.63. The van der Waals surface area contributed by atoms with Gasteiger partial charge in [0.15, 0.2) is 0 Å². The van der Waals surface area contributed by atoms with Crippen LogP contribution in [0, 0.1) is 5.92 Å². The number of rotatable bonds is 6. The number of hydrogen-bond donors (Lipinski definition) is 2. The monoisotopic (exact) mass is 230 g/mol. The first-order valence-corrected chi connectivity index (χ1v) is 6.25. The van der Waals surface area contributed by atoms with Crippen LogP contribution in [-0.2, 0) is 0 Å². The average Bonchev–Trinajstić information content (AvgIpc) is 2.17. The molecule has 82 valence electrons. The van der Waals surface area contributed by atoms with Gasteiger partial charge in [0, 0.05) is 0 Å². The van der Waals surface area contributed by atoms with Gasteiger partial charge in [-0.15, -0.1) is 25.3 Å². The second-order valence-corrected chi connectivity index (χ2v) is 4.65. The van der Waals surface area contributed by atoms with Crippen LogP contribution in [0.1, 0.15) is 46.5 Å². The highest BCUT2D eigenvalue weighted by molar-refractivity contribution is 7.88. The quantitative estimate of drug-likeness (QED) is 0.473. The summed E-state index contributed by atoms with van der Waals surface area (Å²) < 4.78 is 0. The Morgan fingerprint density at radius 1 is 1.36 bits per heavy atom. The summed E-state index contributed by atoms with van der Waals surface area (Å²) >= 11 is 9.03. The van der Waals surface area contributed by atoms with E-state index in [0.29, 0.717) is 5.92 Å². The maximum atomic E-state index is 4.54. The lowest BCUT2D eigenvalue weighted by Gasteiger charge is -2.12. The number of allylic oxidation sites excluding steroid dienone is 4. The summed E-state index contributed by atoms with van der Waals surface area (Å²) in [5.41, 5.74) is 0. The lowest BCUT2D eigenvalue weighted by Crippen LogP contribution is -1.95. The van der Waals surface area contributed by atoms with Gasteiger partial charge >= 0.3 is 0 Å². The predicted molar refractivity (Wildman–Crippen MR) is 73.1 cm³/mol. The molecule has 0 saturated heterocycles. The van der Waals surface area contributed by atoms with Crippen LogP contribution in [0.2, 0.25) is 0 Å². The molecular weight excluding hydrogens is 208 g/mol. The van der Waals surface area contributed by atoms with Crippen LogP contribution in [0.3, 0.4) is 0 Å².